The third-order valence-corrected chi connectivity index (χ3v) is 16.6. The Hall–Kier alpha value is -9.64. The van der Waals surface area contributed by atoms with Crippen LogP contribution in [0, 0.1) is 0 Å². The summed E-state index contributed by atoms with van der Waals surface area (Å²) in [5.41, 5.74) is 3.81. The number of aldehydes is 1. The van der Waals surface area contributed by atoms with Crippen LogP contribution in [0.1, 0.15) is 191 Å². The molecular formula is C85H118ClN5O17. The molecule has 4 N–H and O–H groups in total. The lowest BCUT2D eigenvalue weighted by Crippen LogP contribution is -2.35. The largest absolute Gasteiger partial charge is 0.478 e. The standard InChI is InChI=1S/C17H23NO3.C17H19NO3.C12H10O4.C9H15NO.C8H6O3.2C5H11N.C4H5ClO.C4H6O2.2C2H6/c2*19-17(18-10-4-1-5-11-18)7-3-2-6-14-8-9-15-16(12-14)21-13-20-15;13-12(14)4-2-1-3-9-5-6-10-11(7-9)16-8-15-10;1-2-6-9(11)10-7-4-3-5-8-10;9-4-6-1-2-7-8(3-6)11-5-10-7;2*1-2-4-6-5-3-1;2*1-2-3-4(5)6;2*1-2/h8-9,12H,1-7,10-11,13H2;2-3,6-9,12H,1,4-5,10-11,13H2;1-7H,8H2,(H,13,14);2,6H,3-5,7-8H2,1H3;1-4H,5H2;2*6H,1-5H2;2-3H,1H3;2-3H,1H3,(H,5,6);2*1-2H3/b;6-2+,7-3+;3-1+,4-2+;6-2+;;;;2*3-2+;;. The van der Waals surface area contributed by atoms with Crippen LogP contribution in [0.3, 0.4) is 0 Å². The van der Waals surface area contributed by atoms with Gasteiger partial charge in [-0.05, 0) is 245 Å². The first kappa shape index (κ1) is 92.6. The second kappa shape index (κ2) is 59.4. The number of carboxylic acids is 2. The van der Waals surface area contributed by atoms with Crippen molar-refractivity contribution in [2.24, 2.45) is 0 Å². The Bertz CT molecular complexity index is 3410. The molecule has 5 saturated heterocycles. The number of likely N-dealkylation sites (tertiary alicyclic amines) is 3. The number of piperidine rings is 5. The van der Waals surface area contributed by atoms with Gasteiger partial charge in [-0.25, -0.2) is 9.59 Å². The van der Waals surface area contributed by atoms with Crippen LogP contribution in [-0.4, -0.2) is 159 Å². The van der Waals surface area contributed by atoms with E-state index >= 15 is 0 Å². The highest BCUT2D eigenvalue weighted by molar-refractivity contribution is 6.66. The molecule has 0 saturated carbocycles. The first-order valence-corrected chi connectivity index (χ1v) is 38.6. The fourth-order valence-corrected chi connectivity index (χ4v) is 11.2. The van der Waals surface area contributed by atoms with Gasteiger partial charge in [0.2, 0.25) is 50.1 Å². The lowest BCUT2D eigenvalue weighted by molar-refractivity contribution is -0.132. The minimum absolute atomic E-state index is 0.102. The summed E-state index contributed by atoms with van der Waals surface area (Å²) in [5.74, 6) is 4.78. The predicted octanol–water partition coefficient (Wildman–Crippen LogP) is 16.6. The summed E-state index contributed by atoms with van der Waals surface area (Å²) in [5, 5.41) is 22.4. The van der Waals surface area contributed by atoms with Crippen molar-refractivity contribution in [2.45, 2.75) is 170 Å². The van der Waals surface area contributed by atoms with Crippen molar-refractivity contribution in [1.82, 2.24) is 25.3 Å². The minimum atomic E-state index is -0.963. The van der Waals surface area contributed by atoms with Gasteiger partial charge in [0.05, 0.1) is 0 Å². The van der Waals surface area contributed by atoms with E-state index in [2.05, 4.69) is 22.8 Å². The molecule has 4 aromatic carbocycles. The van der Waals surface area contributed by atoms with E-state index in [1.165, 1.54) is 133 Å². The maximum atomic E-state index is 12.1. The molecule has 108 heavy (non-hydrogen) atoms. The molecule has 0 aliphatic carbocycles. The topological polar surface area (TPSA) is 268 Å². The monoisotopic (exact) mass is 1520 g/mol. The SMILES string of the molecule is C/C=C/C(=O)Cl.C/C=C/C(=O)N1CCCCC1.C/C=C/C(=O)O.C1CCNCC1.C1CCNCC1.CC.CC.O=C(/C=C/C=C/c1ccc2c(c1)OCO2)N1CCCCC1.O=C(CCCCc1ccc2c(c1)OCO2)N1CCCCC1.O=C(O)/C=C/C=C/c1ccc2c(c1)OCO2.O=Cc1ccc2c(c1)OCO2. The number of nitrogens with one attached hydrogen (secondary N) is 2. The third kappa shape index (κ3) is 40.9. The molecule has 9 aliphatic rings. The second-order valence-corrected chi connectivity index (χ2v) is 25.0. The van der Waals surface area contributed by atoms with Crippen molar-refractivity contribution < 1.29 is 81.7 Å². The smallest absolute Gasteiger partial charge is 0.328 e. The van der Waals surface area contributed by atoms with Crippen LogP contribution >= 0.6 is 11.6 Å². The maximum Gasteiger partial charge on any atom is 0.328 e. The molecule has 0 bridgehead atoms. The molecule has 23 heteroatoms. The van der Waals surface area contributed by atoms with E-state index in [0.717, 1.165) is 130 Å². The zero-order valence-corrected chi connectivity index (χ0v) is 65.4. The molecule has 0 radical (unpaired) electrons. The molecule has 0 aromatic heterocycles. The molecule has 0 atom stereocenters. The summed E-state index contributed by atoms with van der Waals surface area (Å²) in [4.78, 5) is 80.8. The number of unbranched alkanes of at least 4 members (excludes halogenated alkanes) is 1. The fraction of sp³-hybridized carbons (Fsp3) is 0.471. The van der Waals surface area contributed by atoms with Crippen molar-refractivity contribution >= 4 is 64.9 Å². The summed E-state index contributed by atoms with van der Waals surface area (Å²) in [6.07, 6.45) is 45.7. The number of hydrogen-bond acceptors (Lipinski definition) is 17. The normalized spacial score (nSPS) is 15.9. The van der Waals surface area contributed by atoms with Gasteiger partial charge in [0, 0.05) is 69.5 Å². The predicted molar refractivity (Wildman–Crippen MR) is 428 cm³/mol. The first-order valence-electron chi connectivity index (χ1n) is 38.2. The van der Waals surface area contributed by atoms with Gasteiger partial charge in [-0.1, -0.05) is 113 Å². The highest BCUT2D eigenvalue weighted by atomic mass is 35.5. The van der Waals surface area contributed by atoms with Gasteiger partial charge in [-0.15, -0.1) is 0 Å². The van der Waals surface area contributed by atoms with Crippen molar-refractivity contribution in [3.05, 3.63) is 168 Å². The van der Waals surface area contributed by atoms with E-state index in [1.54, 1.807) is 74.6 Å². The lowest BCUT2D eigenvalue weighted by atomic mass is 10.1. The quantitative estimate of drug-likeness (QED) is 0.0283. The van der Waals surface area contributed by atoms with Gasteiger partial charge >= 0.3 is 11.9 Å². The molecule has 592 valence electrons. The Morgan fingerprint density at radius 3 is 1.10 bits per heavy atom. The Kier molecular flexibility index (Phi) is 50.9. The number of nitrogens with zero attached hydrogens (tertiary/aromatic N) is 3. The van der Waals surface area contributed by atoms with E-state index in [1.807, 2.05) is 104 Å². The van der Waals surface area contributed by atoms with Gasteiger partial charge in [0.25, 0.3) is 0 Å². The van der Waals surface area contributed by atoms with E-state index < -0.39 is 17.2 Å². The number of aliphatic carboxylic acids is 2. The van der Waals surface area contributed by atoms with E-state index in [0.29, 0.717) is 41.9 Å². The zero-order chi connectivity index (χ0) is 78.6. The second-order valence-electron chi connectivity index (χ2n) is 24.6. The molecule has 3 amide bonds. The van der Waals surface area contributed by atoms with Crippen molar-refractivity contribution in [2.75, 3.05) is 92.6 Å². The van der Waals surface area contributed by atoms with E-state index in [-0.39, 0.29) is 32.2 Å². The molecule has 9 heterocycles. The highest BCUT2D eigenvalue weighted by Gasteiger charge is 2.19. The number of allylic oxidation sites excluding steroid dienone is 8. The number of hydrogen-bond donors (Lipinski definition) is 4. The highest BCUT2D eigenvalue weighted by Crippen LogP contribution is 2.36. The molecule has 5 fully saturated rings. The van der Waals surface area contributed by atoms with E-state index in [9.17, 15) is 33.6 Å². The average Bonchev–Trinajstić information content (AvgIpc) is 1.49. The van der Waals surface area contributed by atoms with Crippen LogP contribution in [-0.2, 0) is 35.2 Å². The Balaban J connectivity index is 0.000000326. The van der Waals surface area contributed by atoms with Crippen LogP contribution < -0.4 is 48.5 Å². The summed E-state index contributed by atoms with van der Waals surface area (Å²) in [7, 11) is 0. The van der Waals surface area contributed by atoms with Crippen LogP contribution in [0.2, 0.25) is 0 Å². The number of carbonyl (C=O) groups is 7. The van der Waals surface area contributed by atoms with Gasteiger partial charge in [0.15, 0.2) is 46.0 Å². The molecular weight excluding hydrogens is 1400 g/mol. The molecule has 13 rings (SSSR count). The van der Waals surface area contributed by atoms with Crippen LogP contribution in [0.15, 0.2) is 146 Å². The first-order chi connectivity index (χ1) is 52.7. The number of fused-ring (bicyclic) bond motifs is 4. The summed E-state index contributed by atoms with van der Waals surface area (Å²) in [6.45, 7) is 25.0. The van der Waals surface area contributed by atoms with Crippen LogP contribution in [0.25, 0.3) is 12.2 Å². The summed E-state index contributed by atoms with van der Waals surface area (Å²) < 4.78 is 41.8. The van der Waals surface area contributed by atoms with Crippen molar-refractivity contribution in [1.29, 1.82) is 0 Å². The number of carbonyl (C=O) groups excluding carboxylic acids is 5. The van der Waals surface area contributed by atoms with Crippen LogP contribution in [0.4, 0.5) is 0 Å². The Morgan fingerprint density at radius 1 is 0.398 bits per heavy atom. The number of halogens is 1. The number of aryl methyl sites for hydroxylation is 1. The maximum absolute atomic E-state index is 12.1. The summed E-state index contributed by atoms with van der Waals surface area (Å²) in [6, 6.07) is 22.5. The average molecular weight is 1520 g/mol. The fourth-order valence-electron chi connectivity index (χ4n) is 11.1. The third-order valence-electron chi connectivity index (χ3n) is 16.5. The molecule has 22 nitrogen and oxygen atoms in total. The van der Waals surface area contributed by atoms with Gasteiger partial charge in [-0.2, -0.15) is 0 Å². The van der Waals surface area contributed by atoms with E-state index in [4.69, 9.17) is 59.7 Å². The number of benzene rings is 4. The molecule has 0 spiro atoms. The number of ether oxygens (including phenoxy) is 8. The minimum Gasteiger partial charge on any atom is -0.478 e. The Labute approximate surface area is 645 Å². The van der Waals surface area contributed by atoms with Gasteiger partial charge < -0.3 is 73.4 Å². The van der Waals surface area contributed by atoms with Gasteiger partial charge in [-0.3, -0.25) is 24.0 Å². The molecule has 0 unspecified atom stereocenters. The van der Waals surface area contributed by atoms with Gasteiger partial charge in [0.1, 0.15) is 6.29 Å². The number of amides is 3. The number of carboxylic acid groups (broad SMARTS) is 2. The lowest BCUT2D eigenvalue weighted by Gasteiger charge is -2.26. The zero-order valence-electron chi connectivity index (χ0n) is 64.7. The molecule has 4 aromatic rings. The molecule has 9 aliphatic heterocycles. The number of rotatable bonds is 15. The van der Waals surface area contributed by atoms with Crippen LogP contribution in [0.5, 0.6) is 46.0 Å². The van der Waals surface area contributed by atoms with Crippen molar-refractivity contribution in [3.8, 4) is 46.0 Å². The van der Waals surface area contributed by atoms with Crippen molar-refractivity contribution in [3.63, 3.8) is 0 Å². The Morgan fingerprint density at radius 2 is 0.750 bits per heavy atom. The summed E-state index contributed by atoms with van der Waals surface area (Å²) >= 11 is 4.85.